The number of rotatable bonds is 3. The highest BCUT2D eigenvalue weighted by Gasteiger charge is 1.97. The maximum Gasteiger partial charge on any atom is 0.0897 e. The average Bonchev–Trinajstić information content (AvgIpc) is 2.64. The number of nitrogens with one attached hydrogen (secondary N) is 1. The standard InChI is InChI=1S/C11H11BrN2S/c12-10-5-6-11(15-10)14-7-8-1-3-9(13)4-2-8/h1-6,14H,7,13H2. The predicted octanol–water partition coefficient (Wildman–Crippen LogP) is 3.70. The molecule has 1 aromatic carbocycles. The molecule has 0 aliphatic heterocycles. The Morgan fingerprint density at radius 3 is 2.47 bits per heavy atom. The van der Waals surface area contributed by atoms with E-state index in [9.17, 15) is 0 Å². The van der Waals surface area contributed by atoms with Gasteiger partial charge in [-0.3, -0.25) is 0 Å². The summed E-state index contributed by atoms with van der Waals surface area (Å²) in [5.74, 6) is 0. The summed E-state index contributed by atoms with van der Waals surface area (Å²) in [6.45, 7) is 0.827. The van der Waals surface area contributed by atoms with Crippen molar-refractivity contribution in [3.05, 3.63) is 45.7 Å². The van der Waals surface area contributed by atoms with Crippen LogP contribution < -0.4 is 11.1 Å². The van der Waals surface area contributed by atoms with E-state index < -0.39 is 0 Å². The Hall–Kier alpha value is -1.00. The Morgan fingerprint density at radius 1 is 1.13 bits per heavy atom. The van der Waals surface area contributed by atoms with Crippen molar-refractivity contribution < 1.29 is 0 Å². The van der Waals surface area contributed by atoms with Crippen LogP contribution in [-0.4, -0.2) is 0 Å². The van der Waals surface area contributed by atoms with Crippen molar-refractivity contribution in [1.29, 1.82) is 0 Å². The number of hydrogen-bond donors (Lipinski definition) is 2. The van der Waals surface area contributed by atoms with Crippen LogP contribution in [0.1, 0.15) is 5.56 Å². The van der Waals surface area contributed by atoms with Gasteiger partial charge < -0.3 is 11.1 Å². The van der Waals surface area contributed by atoms with Gasteiger partial charge in [0.25, 0.3) is 0 Å². The summed E-state index contributed by atoms with van der Waals surface area (Å²) >= 11 is 5.12. The summed E-state index contributed by atoms with van der Waals surface area (Å²) in [7, 11) is 0. The lowest BCUT2D eigenvalue weighted by atomic mass is 10.2. The first-order valence-electron chi connectivity index (χ1n) is 4.58. The minimum Gasteiger partial charge on any atom is -0.399 e. The van der Waals surface area contributed by atoms with Crippen molar-refractivity contribution in [3.63, 3.8) is 0 Å². The summed E-state index contributed by atoms with van der Waals surface area (Å²) in [5.41, 5.74) is 7.65. The van der Waals surface area contributed by atoms with Crippen molar-refractivity contribution >= 4 is 38.0 Å². The predicted molar refractivity (Wildman–Crippen MR) is 70.2 cm³/mol. The van der Waals surface area contributed by atoms with Crippen LogP contribution in [0.2, 0.25) is 0 Å². The second kappa shape index (κ2) is 4.68. The molecule has 1 aromatic heterocycles. The van der Waals surface area contributed by atoms with E-state index in [1.807, 2.05) is 30.3 Å². The van der Waals surface area contributed by atoms with Gasteiger partial charge in [-0.1, -0.05) is 12.1 Å². The Balaban J connectivity index is 1.96. The molecule has 0 atom stereocenters. The molecule has 0 saturated heterocycles. The fraction of sp³-hybridized carbons (Fsp3) is 0.0909. The normalized spacial score (nSPS) is 10.2. The minimum absolute atomic E-state index is 0.803. The van der Waals surface area contributed by atoms with Gasteiger partial charge in [0.15, 0.2) is 0 Å². The highest BCUT2D eigenvalue weighted by molar-refractivity contribution is 9.11. The quantitative estimate of drug-likeness (QED) is 0.843. The van der Waals surface area contributed by atoms with E-state index in [1.165, 1.54) is 10.6 Å². The summed E-state index contributed by atoms with van der Waals surface area (Å²) in [4.78, 5) is 0. The Labute approximate surface area is 101 Å². The average molecular weight is 283 g/mol. The van der Waals surface area contributed by atoms with Gasteiger partial charge in [-0.05, 0) is 45.8 Å². The molecule has 3 N–H and O–H groups in total. The smallest absolute Gasteiger partial charge is 0.0897 e. The lowest BCUT2D eigenvalue weighted by Gasteiger charge is -2.03. The minimum atomic E-state index is 0.803. The number of halogens is 1. The van der Waals surface area contributed by atoms with Gasteiger partial charge in [0.05, 0.1) is 8.79 Å². The molecule has 0 aliphatic rings. The largest absolute Gasteiger partial charge is 0.399 e. The topological polar surface area (TPSA) is 38.0 Å². The second-order valence-corrected chi connectivity index (χ2v) is 5.66. The summed E-state index contributed by atoms with van der Waals surface area (Å²) in [5, 5.41) is 4.51. The molecule has 4 heteroatoms. The van der Waals surface area contributed by atoms with Crippen LogP contribution in [0.4, 0.5) is 10.7 Å². The van der Waals surface area contributed by atoms with Crippen LogP contribution in [0.25, 0.3) is 0 Å². The molecule has 2 nitrogen and oxygen atoms in total. The molecule has 0 spiro atoms. The molecule has 0 aliphatic carbocycles. The lowest BCUT2D eigenvalue weighted by Crippen LogP contribution is -1.97. The SMILES string of the molecule is Nc1ccc(CNc2ccc(Br)s2)cc1. The van der Waals surface area contributed by atoms with Crippen LogP contribution in [0.15, 0.2) is 40.2 Å². The van der Waals surface area contributed by atoms with Crippen molar-refractivity contribution in [2.45, 2.75) is 6.54 Å². The third-order valence-corrected chi connectivity index (χ3v) is 3.60. The fourth-order valence-corrected chi connectivity index (χ4v) is 2.52. The van der Waals surface area contributed by atoms with Crippen LogP contribution in [-0.2, 0) is 6.54 Å². The Morgan fingerprint density at radius 2 is 1.87 bits per heavy atom. The first kappa shape index (κ1) is 10.5. The van der Waals surface area contributed by atoms with E-state index in [0.717, 1.165) is 16.0 Å². The van der Waals surface area contributed by atoms with Crippen molar-refractivity contribution in [1.82, 2.24) is 0 Å². The first-order valence-corrected chi connectivity index (χ1v) is 6.18. The van der Waals surface area contributed by atoms with Gasteiger partial charge in [-0.15, -0.1) is 11.3 Å². The Kier molecular flexibility index (Phi) is 3.28. The van der Waals surface area contributed by atoms with Crippen LogP contribution in [0, 0.1) is 0 Å². The van der Waals surface area contributed by atoms with Crippen LogP contribution in [0.3, 0.4) is 0 Å². The maximum atomic E-state index is 5.61. The molecule has 0 unspecified atom stereocenters. The number of nitrogens with two attached hydrogens (primary N) is 1. The molecular weight excluding hydrogens is 272 g/mol. The van der Waals surface area contributed by atoms with Gasteiger partial charge in [-0.2, -0.15) is 0 Å². The number of thiophene rings is 1. The zero-order chi connectivity index (χ0) is 10.7. The zero-order valence-corrected chi connectivity index (χ0v) is 10.4. The van der Waals surface area contributed by atoms with Gasteiger partial charge in [-0.25, -0.2) is 0 Å². The van der Waals surface area contributed by atoms with Crippen LogP contribution in [0.5, 0.6) is 0 Å². The Bertz CT molecular complexity index is 436. The van der Waals surface area contributed by atoms with Gasteiger partial charge in [0, 0.05) is 12.2 Å². The monoisotopic (exact) mass is 282 g/mol. The lowest BCUT2D eigenvalue weighted by molar-refractivity contribution is 1.16. The molecule has 15 heavy (non-hydrogen) atoms. The summed E-state index contributed by atoms with van der Waals surface area (Å²) in [6.07, 6.45) is 0. The number of hydrogen-bond acceptors (Lipinski definition) is 3. The first-order chi connectivity index (χ1) is 7.24. The summed E-state index contributed by atoms with van der Waals surface area (Å²) < 4.78 is 1.14. The van der Waals surface area contributed by atoms with Crippen molar-refractivity contribution in [3.8, 4) is 0 Å². The third-order valence-electron chi connectivity index (χ3n) is 2.02. The fourth-order valence-electron chi connectivity index (χ4n) is 1.23. The molecule has 1 heterocycles. The molecule has 0 fully saturated rings. The molecule has 2 rings (SSSR count). The molecule has 2 aromatic rings. The highest BCUT2D eigenvalue weighted by Crippen LogP contribution is 2.26. The van der Waals surface area contributed by atoms with E-state index in [1.54, 1.807) is 11.3 Å². The zero-order valence-electron chi connectivity index (χ0n) is 8.03. The van der Waals surface area contributed by atoms with E-state index >= 15 is 0 Å². The molecule has 0 amide bonds. The number of benzene rings is 1. The van der Waals surface area contributed by atoms with E-state index in [4.69, 9.17) is 5.73 Å². The summed E-state index contributed by atoms with van der Waals surface area (Å²) in [6, 6.07) is 12.0. The van der Waals surface area contributed by atoms with E-state index in [0.29, 0.717) is 0 Å². The van der Waals surface area contributed by atoms with Crippen LogP contribution >= 0.6 is 27.3 Å². The van der Waals surface area contributed by atoms with E-state index in [2.05, 4.69) is 27.3 Å². The third kappa shape index (κ3) is 2.97. The number of nitrogen functional groups attached to an aromatic ring is 1. The van der Waals surface area contributed by atoms with Crippen molar-refractivity contribution in [2.75, 3.05) is 11.1 Å². The molecule has 78 valence electrons. The van der Waals surface area contributed by atoms with Crippen molar-refractivity contribution in [2.24, 2.45) is 0 Å². The molecule has 0 bridgehead atoms. The molecule has 0 radical (unpaired) electrons. The molecule has 0 saturated carbocycles. The van der Waals surface area contributed by atoms with Gasteiger partial charge >= 0.3 is 0 Å². The van der Waals surface area contributed by atoms with Gasteiger partial charge in [0.2, 0.25) is 0 Å². The number of anilines is 2. The maximum absolute atomic E-state index is 5.61. The van der Waals surface area contributed by atoms with Gasteiger partial charge in [0.1, 0.15) is 0 Å². The second-order valence-electron chi connectivity index (χ2n) is 3.20. The van der Waals surface area contributed by atoms with E-state index in [-0.39, 0.29) is 0 Å². The highest BCUT2D eigenvalue weighted by atomic mass is 79.9. The molecular formula is C11H11BrN2S.